The summed E-state index contributed by atoms with van der Waals surface area (Å²) < 4.78 is 12.5. The molecule has 9 rings (SSSR count). The summed E-state index contributed by atoms with van der Waals surface area (Å²) in [5, 5.41) is 14.6. The second-order valence-corrected chi connectivity index (χ2v) is 20.1. The molecule has 0 radical (unpaired) electrons. The fraction of sp³-hybridized carbons (Fsp3) is 0.151. The number of piperazine rings is 1. The summed E-state index contributed by atoms with van der Waals surface area (Å²) in [6.07, 6.45) is 0.387. The number of aromatic hydroxyl groups is 1. The Kier molecular flexibility index (Phi) is 10.9. The van der Waals surface area contributed by atoms with Gasteiger partial charge >= 0.3 is 225 Å². The first kappa shape index (κ1) is 40.4. The molecular weight excluding hydrogens is 792 g/mol. The van der Waals surface area contributed by atoms with Gasteiger partial charge in [-0.3, -0.25) is 4.79 Å². The molecule has 9 heteroatoms. The first-order chi connectivity index (χ1) is 30.1. The minimum absolute atomic E-state index is 0.0800. The third-order valence-corrected chi connectivity index (χ3v) is 17.0. The van der Waals surface area contributed by atoms with Crippen molar-refractivity contribution in [3.05, 3.63) is 190 Å². The van der Waals surface area contributed by atoms with Crippen molar-refractivity contribution >= 4 is 46.0 Å². The second-order valence-electron chi connectivity index (χ2n) is 16.2. The molecule has 0 spiro atoms. The van der Waals surface area contributed by atoms with Crippen LogP contribution in [0.25, 0.3) is 33.4 Å². The number of rotatable bonds is 9. The molecule has 3 aliphatic rings. The summed E-state index contributed by atoms with van der Waals surface area (Å²) in [5.74, 6) is 1.82. The number of nitrogens with zero attached hydrogens (tertiary/aromatic N) is 2. The number of ether oxygens (including phenoxy) is 1. The Bertz CT molecular complexity index is 2860. The van der Waals surface area contributed by atoms with E-state index in [-0.39, 0.29) is 23.0 Å². The van der Waals surface area contributed by atoms with Crippen LogP contribution in [0.2, 0.25) is 0 Å². The molecule has 8 nitrogen and oxygen atoms in total. The number of carbonyl (C=O) groups excluding carboxylic acids is 2. The number of phenols is 1. The van der Waals surface area contributed by atoms with Crippen molar-refractivity contribution in [2.45, 2.75) is 20.8 Å². The van der Waals surface area contributed by atoms with Crippen LogP contribution in [0.3, 0.4) is 0 Å². The molecule has 310 valence electrons. The molecule has 0 atom stereocenters. The van der Waals surface area contributed by atoms with Crippen LogP contribution >= 0.6 is 7.26 Å². The Hall–Kier alpha value is -7.02. The zero-order valence-electron chi connectivity index (χ0n) is 34.9. The van der Waals surface area contributed by atoms with E-state index in [1.807, 2.05) is 79.1 Å². The maximum absolute atomic E-state index is 14.5. The number of aryl methyl sites for hydroxylation is 3. The van der Waals surface area contributed by atoms with Gasteiger partial charge in [0.1, 0.15) is 28.6 Å². The van der Waals surface area contributed by atoms with Gasteiger partial charge in [-0.15, -0.1) is 0 Å². The number of amides is 2. The molecule has 1 saturated heterocycles. The molecule has 0 saturated carbocycles. The van der Waals surface area contributed by atoms with Crippen molar-refractivity contribution in [2.75, 3.05) is 32.3 Å². The summed E-state index contributed by atoms with van der Waals surface area (Å²) in [6, 6.07) is 51.1. The van der Waals surface area contributed by atoms with Crippen molar-refractivity contribution in [3.8, 4) is 39.7 Å². The minimum atomic E-state index is -2.77. The van der Waals surface area contributed by atoms with E-state index in [0.717, 1.165) is 27.6 Å². The standard InChI is InChI=1S/C53H47N2O6P/c1-35-29-38(19-22-45(35)51-46-23-20-39(56)32-48(46)61-49-33-40(21-24-47(49)51)60-41-30-36(2)52(58)37(3)31-41)53(59)55-27-25-54(26-28-55)50(57)34-62(42-13-7-4-8-14-42,43-15-9-5-10-16-43)44-17-11-6-12-18-44/h4-24,29-33,58,62H,25-28,34H2,1-3H3. The predicted molar refractivity (Wildman–Crippen MR) is 251 cm³/mol. The summed E-state index contributed by atoms with van der Waals surface area (Å²) in [4.78, 5) is 44.9. The zero-order valence-corrected chi connectivity index (χ0v) is 35.9. The molecule has 2 heterocycles. The Labute approximate surface area is 361 Å². The number of hydrogen-bond donors (Lipinski definition) is 1. The summed E-state index contributed by atoms with van der Waals surface area (Å²) in [5.41, 5.74) is 5.81. The van der Waals surface area contributed by atoms with Crippen molar-refractivity contribution in [1.29, 1.82) is 0 Å². The second kappa shape index (κ2) is 16.8. The van der Waals surface area contributed by atoms with Crippen LogP contribution in [-0.2, 0) is 4.79 Å². The average molecular weight is 839 g/mol. The molecule has 0 unspecified atom stereocenters. The molecule has 1 N–H and O–H groups in total. The monoisotopic (exact) mass is 838 g/mol. The van der Waals surface area contributed by atoms with Crippen LogP contribution in [0.5, 0.6) is 17.2 Å². The van der Waals surface area contributed by atoms with Crippen LogP contribution in [0, 0.1) is 20.8 Å². The zero-order chi connectivity index (χ0) is 43.0. The third kappa shape index (κ3) is 7.63. The number of benzene rings is 7. The van der Waals surface area contributed by atoms with E-state index < -0.39 is 7.26 Å². The molecule has 6 aromatic rings. The van der Waals surface area contributed by atoms with Gasteiger partial charge in [0.25, 0.3) is 0 Å². The van der Waals surface area contributed by atoms with E-state index in [2.05, 4.69) is 72.8 Å². The smallest absolute Gasteiger partial charge is 0.507 e. The third-order valence-electron chi connectivity index (χ3n) is 12.2. The van der Waals surface area contributed by atoms with Gasteiger partial charge in [-0.25, -0.2) is 0 Å². The van der Waals surface area contributed by atoms with Crippen LogP contribution in [0.4, 0.5) is 0 Å². The molecule has 2 amide bonds. The van der Waals surface area contributed by atoms with Crippen molar-refractivity contribution in [3.63, 3.8) is 0 Å². The minimum Gasteiger partial charge on any atom is -0.507 e. The van der Waals surface area contributed by atoms with E-state index in [1.165, 1.54) is 28.0 Å². The molecular formula is C53H47N2O6P. The van der Waals surface area contributed by atoms with Gasteiger partial charge in [-0.05, 0) is 61.4 Å². The molecule has 0 bridgehead atoms. The van der Waals surface area contributed by atoms with Gasteiger partial charge in [-0.2, -0.15) is 0 Å². The van der Waals surface area contributed by atoms with Gasteiger partial charge in [0, 0.05) is 23.1 Å². The topological polar surface area (TPSA) is 100 Å². The Balaban J connectivity index is 0.961. The van der Waals surface area contributed by atoms with E-state index in [0.29, 0.717) is 71.9 Å². The Morgan fingerprint density at radius 3 is 1.76 bits per heavy atom. The van der Waals surface area contributed by atoms with Crippen molar-refractivity contribution in [1.82, 2.24) is 9.80 Å². The van der Waals surface area contributed by atoms with Crippen molar-refractivity contribution in [2.24, 2.45) is 0 Å². The molecule has 0 aromatic heterocycles. The van der Waals surface area contributed by atoms with Gasteiger partial charge in [0.2, 0.25) is 0 Å². The Morgan fingerprint density at radius 1 is 0.613 bits per heavy atom. The summed E-state index contributed by atoms with van der Waals surface area (Å²) in [7, 11) is -2.77. The molecule has 6 aromatic carbocycles. The summed E-state index contributed by atoms with van der Waals surface area (Å²) >= 11 is 0. The van der Waals surface area contributed by atoms with E-state index >= 15 is 0 Å². The number of phenolic OH excluding ortho intramolecular Hbond substituents is 1. The number of hydrogen-bond acceptors (Lipinski definition) is 6. The van der Waals surface area contributed by atoms with E-state index in [1.54, 1.807) is 24.3 Å². The quantitative estimate of drug-likeness (QED) is 0.115. The number of carbonyl (C=O) groups is 2. The fourth-order valence-electron chi connectivity index (χ4n) is 9.05. The maximum atomic E-state index is 14.5. The van der Waals surface area contributed by atoms with Crippen LogP contribution in [0.15, 0.2) is 167 Å². The molecule has 1 fully saturated rings. The van der Waals surface area contributed by atoms with Gasteiger partial charge in [0.15, 0.2) is 5.43 Å². The summed E-state index contributed by atoms with van der Waals surface area (Å²) in [6.45, 7) is 7.41. The fourth-order valence-corrected chi connectivity index (χ4v) is 13.6. The van der Waals surface area contributed by atoms with Crippen LogP contribution in [-0.4, -0.2) is 59.1 Å². The van der Waals surface area contributed by atoms with Crippen molar-refractivity contribution < 1.29 is 23.8 Å². The first-order valence-electron chi connectivity index (χ1n) is 20.9. The van der Waals surface area contributed by atoms with E-state index in [4.69, 9.17) is 9.15 Å². The van der Waals surface area contributed by atoms with Gasteiger partial charge in [0.05, 0.1) is 0 Å². The predicted octanol–water partition coefficient (Wildman–Crippen LogP) is 9.00. The Morgan fingerprint density at radius 2 is 1.18 bits per heavy atom. The van der Waals surface area contributed by atoms with E-state index in [9.17, 15) is 19.5 Å². The van der Waals surface area contributed by atoms with Gasteiger partial charge < -0.3 is 14.3 Å². The molecule has 1 aliphatic carbocycles. The van der Waals surface area contributed by atoms with Crippen LogP contribution in [0.1, 0.15) is 27.0 Å². The molecule has 2 aliphatic heterocycles. The SMILES string of the molecule is Cc1cc(C(=O)N2CCN(C(=O)C[PH](c3ccccc3)(c3ccccc3)c3ccccc3)CC2)ccc1-c1c2ccc(=O)cc-2oc2cc(Oc3cc(C)c(O)c(C)c3)ccc12. The van der Waals surface area contributed by atoms with Crippen LogP contribution < -0.4 is 26.1 Å². The molecule has 62 heavy (non-hydrogen) atoms. The average Bonchev–Trinajstić information content (AvgIpc) is 3.30. The number of fused-ring (bicyclic) bond motifs is 2. The van der Waals surface area contributed by atoms with Gasteiger partial charge in [-0.1, -0.05) is 0 Å². The first-order valence-corrected chi connectivity index (χ1v) is 23.1. The normalized spacial score (nSPS) is 13.3.